The standard InChI is InChI=1S/C19H22N4O3/c1-12-13(2)26-19-16(12)17(21-11-22-19)23-6-3-4-15(9-23)18(24)20-8-14-5-7-25-10-14/h5,7,10-11,15H,3-4,6,8-9H2,1-2H3,(H,20,24). The maximum absolute atomic E-state index is 12.6. The molecule has 4 rings (SSSR count). The Balaban J connectivity index is 1.51. The molecule has 3 aromatic rings. The van der Waals surface area contributed by atoms with Crippen molar-refractivity contribution in [1.82, 2.24) is 15.3 Å². The van der Waals surface area contributed by atoms with E-state index in [1.54, 1.807) is 12.5 Å². The molecule has 4 heterocycles. The van der Waals surface area contributed by atoms with E-state index in [2.05, 4.69) is 20.2 Å². The second-order valence-corrected chi connectivity index (χ2v) is 6.80. The Labute approximate surface area is 151 Å². The zero-order chi connectivity index (χ0) is 18.1. The molecular formula is C19H22N4O3. The molecule has 1 amide bonds. The third-order valence-electron chi connectivity index (χ3n) is 5.08. The molecule has 0 saturated carbocycles. The maximum Gasteiger partial charge on any atom is 0.231 e. The minimum absolute atomic E-state index is 0.0611. The van der Waals surface area contributed by atoms with Gasteiger partial charge in [-0.2, -0.15) is 0 Å². The predicted molar refractivity (Wildman–Crippen MR) is 96.8 cm³/mol. The van der Waals surface area contributed by atoms with E-state index in [4.69, 9.17) is 8.83 Å². The quantitative estimate of drug-likeness (QED) is 0.775. The Hall–Kier alpha value is -2.83. The summed E-state index contributed by atoms with van der Waals surface area (Å²) in [6, 6.07) is 1.86. The van der Waals surface area contributed by atoms with Crippen molar-refractivity contribution in [2.75, 3.05) is 18.0 Å². The van der Waals surface area contributed by atoms with Crippen LogP contribution in [0.4, 0.5) is 5.82 Å². The van der Waals surface area contributed by atoms with Gasteiger partial charge in [0.2, 0.25) is 11.6 Å². The molecule has 1 atom stereocenters. The van der Waals surface area contributed by atoms with Crippen molar-refractivity contribution < 1.29 is 13.6 Å². The smallest absolute Gasteiger partial charge is 0.231 e. The van der Waals surface area contributed by atoms with Gasteiger partial charge in [-0.25, -0.2) is 9.97 Å². The molecular weight excluding hydrogens is 332 g/mol. The van der Waals surface area contributed by atoms with Crippen LogP contribution in [0.15, 0.2) is 33.8 Å². The number of nitrogens with zero attached hydrogens (tertiary/aromatic N) is 3. The zero-order valence-corrected chi connectivity index (χ0v) is 15.0. The number of piperidine rings is 1. The molecule has 0 spiro atoms. The molecule has 7 nitrogen and oxygen atoms in total. The lowest BCUT2D eigenvalue weighted by atomic mass is 9.96. The molecule has 1 fully saturated rings. The molecule has 1 saturated heterocycles. The van der Waals surface area contributed by atoms with Crippen molar-refractivity contribution in [2.45, 2.75) is 33.2 Å². The van der Waals surface area contributed by atoms with Gasteiger partial charge in [-0.1, -0.05) is 0 Å². The Morgan fingerprint density at radius 2 is 2.27 bits per heavy atom. The lowest BCUT2D eigenvalue weighted by Crippen LogP contribution is -2.43. The van der Waals surface area contributed by atoms with Crippen LogP contribution in [0, 0.1) is 19.8 Å². The van der Waals surface area contributed by atoms with E-state index in [1.165, 1.54) is 6.33 Å². The van der Waals surface area contributed by atoms with Crippen LogP contribution in [0.25, 0.3) is 11.1 Å². The molecule has 1 N–H and O–H groups in total. The van der Waals surface area contributed by atoms with Crippen LogP contribution >= 0.6 is 0 Å². The maximum atomic E-state index is 12.6. The van der Waals surface area contributed by atoms with Gasteiger partial charge in [-0.15, -0.1) is 0 Å². The van der Waals surface area contributed by atoms with E-state index in [-0.39, 0.29) is 11.8 Å². The van der Waals surface area contributed by atoms with Gasteiger partial charge in [0.15, 0.2) is 0 Å². The molecule has 26 heavy (non-hydrogen) atoms. The number of carbonyl (C=O) groups is 1. The van der Waals surface area contributed by atoms with Gasteiger partial charge >= 0.3 is 0 Å². The fourth-order valence-corrected chi connectivity index (χ4v) is 3.51. The summed E-state index contributed by atoms with van der Waals surface area (Å²) in [7, 11) is 0. The Bertz CT molecular complexity index is 916. The molecule has 0 aliphatic carbocycles. The minimum atomic E-state index is -0.0611. The van der Waals surface area contributed by atoms with Crippen LogP contribution in [0.3, 0.4) is 0 Å². The van der Waals surface area contributed by atoms with Crippen LogP contribution in [0.1, 0.15) is 29.7 Å². The zero-order valence-electron chi connectivity index (χ0n) is 15.0. The van der Waals surface area contributed by atoms with E-state index in [0.29, 0.717) is 18.8 Å². The summed E-state index contributed by atoms with van der Waals surface area (Å²) >= 11 is 0. The summed E-state index contributed by atoms with van der Waals surface area (Å²) in [5.74, 6) is 1.72. The fourth-order valence-electron chi connectivity index (χ4n) is 3.51. The number of rotatable bonds is 4. The highest BCUT2D eigenvalue weighted by Crippen LogP contribution is 2.32. The van der Waals surface area contributed by atoms with Crippen LogP contribution in [-0.4, -0.2) is 29.0 Å². The third kappa shape index (κ3) is 3.05. The van der Waals surface area contributed by atoms with E-state index in [9.17, 15) is 4.79 Å². The van der Waals surface area contributed by atoms with Crippen LogP contribution in [0.2, 0.25) is 0 Å². The SMILES string of the molecule is Cc1oc2ncnc(N3CCCC(C(=O)NCc4ccoc4)C3)c2c1C. The Kier molecular flexibility index (Phi) is 4.36. The van der Waals surface area contributed by atoms with Gasteiger partial charge in [0.1, 0.15) is 17.9 Å². The monoisotopic (exact) mass is 354 g/mol. The normalized spacial score (nSPS) is 17.6. The number of anilines is 1. The number of fused-ring (bicyclic) bond motifs is 1. The molecule has 0 aromatic carbocycles. The number of nitrogens with one attached hydrogen (secondary N) is 1. The van der Waals surface area contributed by atoms with Crippen molar-refractivity contribution in [3.63, 3.8) is 0 Å². The fraction of sp³-hybridized carbons (Fsp3) is 0.421. The highest BCUT2D eigenvalue weighted by atomic mass is 16.3. The van der Waals surface area contributed by atoms with Gasteiger partial charge in [-0.05, 0) is 32.8 Å². The lowest BCUT2D eigenvalue weighted by Gasteiger charge is -2.33. The molecule has 136 valence electrons. The van der Waals surface area contributed by atoms with E-state index >= 15 is 0 Å². The average molecular weight is 354 g/mol. The van der Waals surface area contributed by atoms with Crippen LogP contribution in [0.5, 0.6) is 0 Å². The van der Waals surface area contributed by atoms with Gasteiger partial charge < -0.3 is 19.1 Å². The Morgan fingerprint density at radius 1 is 1.38 bits per heavy atom. The number of aromatic nitrogens is 2. The summed E-state index contributed by atoms with van der Waals surface area (Å²) in [5.41, 5.74) is 2.63. The van der Waals surface area contributed by atoms with Crippen molar-refractivity contribution in [3.8, 4) is 0 Å². The molecule has 1 aliphatic rings. The first-order valence-corrected chi connectivity index (χ1v) is 8.88. The number of furan rings is 2. The largest absolute Gasteiger partial charge is 0.472 e. The lowest BCUT2D eigenvalue weighted by molar-refractivity contribution is -0.125. The number of hydrogen-bond donors (Lipinski definition) is 1. The highest BCUT2D eigenvalue weighted by molar-refractivity contribution is 5.90. The number of hydrogen-bond acceptors (Lipinski definition) is 6. The van der Waals surface area contributed by atoms with Gasteiger partial charge in [-0.3, -0.25) is 4.79 Å². The van der Waals surface area contributed by atoms with E-state index in [1.807, 2.05) is 19.9 Å². The minimum Gasteiger partial charge on any atom is -0.472 e. The number of amides is 1. The van der Waals surface area contributed by atoms with Gasteiger partial charge in [0, 0.05) is 30.8 Å². The first kappa shape index (κ1) is 16.6. The first-order valence-electron chi connectivity index (χ1n) is 8.88. The number of carbonyl (C=O) groups excluding carboxylic acids is 1. The average Bonchev–Trinajstić information content (AvgIpc) is 3.28. The van der Waals surface area contributed by atoms with Crippen LogP contribution in [-0.2, 0) is 11.3 Å². The van der Waals surface area contributed by atoms with Crippen molar-refractivity contribution in [1.29, 1.82) is 0 Å². The molecule has 1 unspecified atom stereocenters. The number of aryl methyl sites for hydroxylation is 2. The van der Waals surface area contributed by atoms with E-state index in [0.717, 1.165) is 47.5 Å². The van der Waals surface area contributed by atoms with E-state index < -0.39 is 0 Å². The Morgan fingerprint density at radius 3 is 3.08 bits per heavy atom. The third-order valence-corrected chi connectivity index (χ3v) is 5.08. The second kappa shape index (κ2) is 6.82. The molecule has 1 aliphatic heterocycles. The summed E-state index contributed by atoms with van der Waals surface area (Å²) in [4.78, 5) is 23.5. The highest BCUT2D eigenvalue weighted by Gasteiger charge is 2.28. The second-order valence-electron chi connectivity index (χ2n) is 6.80. The topological polar surface area (TPSA) is 84.4 Å². The molecule has 7 heteroatoms. The van der Waals surface area contributed by atoms with Crippen molar-refractivity contribution >= 4 is 22.8 Å². The van der Waals surface area contributed by atoms with Crippen molar-refractivity contribution in [3.05, 3.63) is 41.8 Å². The summed E-state index contributed by atoms with van der Waals surface area (Å²) in [6.07, 6.45) is 6.62. The van der Waals surface area contributed by atoms with Crippen LogP contribution < -0.4 is 10.2 Å². The first-order chi connectivity index (χ1) is 12.6. The van der Waals surface area contributed by atoms with Crippen molar-refractivity contribution in [2.24, 2.45) is 5.92 Å². The molecule has 3 aromatic heterocycles. The summed E-state index contributed by atoms with van der Waals surface area (Å²) in [5, 5.41) is 3.95. The molecule has 0 bridgehead atoms. The van der Waals surface area contributed by atoms with Gasteiger partial charge in [0.25, 0.3) is 0 Å². The summed E-state index contributed by atoms with van der Waals surface area (Å²) < 4.78 is 10.8. The van der Waals surface area contributed by atoms with Gasteiger partial charge in [0.05, 0.1) is 23.8 Å². The predicted octanol–water partition coefficient (Wildman–Crippen LogP) is 2.97. The summed E-state index contributed by atoms with van der Waals surface area (Å²) in [6.45, 7) is 5.97. The molecule has 0 radical (unpaired) electrons.